The Hall–Kier alpha value is 0.360. The highest BCUT2D eigenvalue weighted by atomic mass is 32.7. The highest BCUT2D eigenvalue weighted by molar-refractivity contribution is 8.58. The number of ether oxygens (including phenoxy) is 1. The van der Waals surface area contributed by atoms with E-state index in [0.29, 0.717) is 30.0 Å². The Balaban J connectivity index is 3.57. The molecule has 0 aromatic carbocycles. The summed E-state index contributed by atoms with van der Waals surface area (Å²) in [5, 5.41) is 0.574. The lowest BCUT2D eigenvalue weighted by Gasteiger charge is -2.11. The smallest absolute Gasteiger partial charge is 0.315 e. The molecular weight excluding hydrogens is 279 g/mol. The van der Waals surface area contributed by atoms with Crippen molar-refractivity contribution in [3.8, 4) is 0 Å². The van der Waals surface area contributed by atoms with Crippen LogP contribution < -0.4 is 0 Å². The molecule has 0 rings (SSSR count). The molecular formula is C10H21O4PS2. The lowest BCUT2D eigenvalue weighted by molar-refractivity contribution is -0.141. The topological polar surface area (TPSA) is 52.6 Å². The summed E-state index contributed by atoms with van der Waals surface area (Å²) in [7, 11) is 0. The highest BCUT2D eigenvalue weighted by Crippen LogP contribution is 2.56. The largest absolute Gasteiger partial charge is 0.465 e. The normalized spacial score (nSPS) is 14.6. The molecule has 0 aromatic heterocycles. The second kappa shape index (κ2) is 9.31. The van der Waals surface area contributed by atoms with Gasteiger partial charge in [0.1, 0.15) is 0 Å². The minimum atomic E-state index is -2.54. The van der Waals surface area contributed by atoms with E-state index in [2.05, 4.69) is 0 Å². The molecule has 0 aliphatic rings. The summed E-state index contributed by atoms with van der Waals surface area (Å²) in [4.78, 5) is 11.2. The van der Waals surface area contributed by atoms with Gasteiger partial charge in [0, 0.05) is 11.7 Å². The SMILES string of the molecule is CCOP(C)(=O)SCSCC(=O)OCC(C)C. The van der Waals surface area contributed by atoms with Crippen LogP contribution in [0.15, 0.2) is 0 Å². The molecule has 0 amide bonds. The molecule has 0 saturated carbocycles. The van der Waals surface area contributed by atoms with Crippen molar-refractivity contribution < 1.29 is 18.6 Å². The van der Waals surface area contributed by atoms with E-state index in [1.807, 2.05) is 20.8 Å². The summed E-state index contributed by atoms with van der Waals surface area (Å²) in [6.07, 6.45) is 0. The third kappa shape index (κ3) is 11.2. The molecule has 0 saturated heterocycles. The first-order valence-corrected chi connectivity index (χ1v) is 10.3. The highest BCUT2D eigenvalue weighted by Gasteiger charge is 2.15. The first-order valence-electron chi connectivity index (χ1n) is 5.47. The zero-order chi connectivity index (χ0) is 13.3. The van der Waals surface area contributed by atoms with E-state index in [0.717, 1.165) is 0 Å². The number of carbonyl (C=O) groups is 1. The number of thioether (sulfide) groups is 1. The molecule has 17 heavy (non-hydrogen) atoms. The first-order chi connectivity index (χ1) is 7.87. The molecule has 4 nitrogen and oxygen atoms in total. The van der Waals surface area contributed by atoms with Crippen molar-refractivity contribution in [3.63, 3.8) is 0 Å². The molecule has 0 spiro atoms. The molecule has 0 aliphatic heterocycles. The minimum absolute atomic E-state index is 0.216. The quantitative estimate of drug-likeness (QED) is 0.281. The molecule has 0 fully saturated rings. The molecule has 0 heterocycles. The van der Waals surface area contributed by atoms with Gasteiger partial charge in [-0.2, -0.15) is 0 Å². The Labute approximate surface area is 112 Å². The van der Waals surface area contributed by atoms with E-state index in [9.17, 15) is 9.36 Å². The molecule has 0 aliphatic carbocycles. The van der Waals surface area contributed by atoms with Gasteiger partial charge in [0.15, 0.2) is 0 Å². The van der Waals surface area contributed by atoms with Gasteiger partial charge in [-0.1, -0.05) is 25.2 Å². The summed E-state index contributed by atoms with van der Waals surface area (Å²) in [6.45, 7) is 5.75. The Morgan fingerprint density at radius 1 is 1.41 bits per heavy atom. The van der Waals surface area contributed by atoms with Gasteiger partial charge in [-0.15, -0.1) is 11.8 Å². The third-order valence-electron chi connectivity index (χ3n) is 1.53. The van der Waals surface area contributed by atoms with Crippen molar-refractivity contribution in [2.75, 3.05) is 30.7 Å². The van der Waals surface area contributed by atoms with Crippen LogP contribution in [0.2, 0.25) is 0 Å². The molecule has 7 heteroatoms. The fourth-order valence-corrected chi connectivity index (χ4v) is 5.96. The minimum Gasteiger partial charge on any atom is -0.465 e. The first kappa shape index (κ1) is 17.4. The van der Waals surface area contributed by atoms with Crippen molar-refractivity contribution in [2.45, 2.75) is 20.8 Å². The molecule has 0 N–H and O–H groups in total. The van der Waals surface area contributed by atoms with E-state index in [4.69, 9.17) is 9.26 Å². The van der Waals surface area contributed by atoms with Gasteiger partial charge >= 0.3 is 5.97 Å². The Morgan fingerprint density at radius 2 is 2.06 bits per heavy atom. The van der Waals surface area contributed by atoms with E-state index in [1.165, 1.54) is 23.1 Å². The van der Waals surface area contributed by atoms with Crippen LogP contribution in [0.1, 0.15) is 20.8 Å². The van der Waals surface area contributed by atoms with Crippen LogP contribution in [0, 0.1) is 5.92 Å². The van der Waals surface area contributed by atoms with Gasteiger partial charge in [-0.05, 0) is 12.8 Å². The van der Waals surface area contributed by atoms with Crippen LogP contribution in [-0.4, -0.2) is 36.7 Å². The summed E-state index contributed by atoms with van der Waals surface area (Å²) in [5.74, 6) is 0.435. The number of rotatable bonds is 9. The average molecular weight is 300 g/mol. The maximum Gasteiger partial charge on any atom is 0.315 e. The Kier molecular flexibility index (Phi) is 9.51. The van der Waals surface area contributed by atoms with Gasteiger partial charge in [0.05, 0.1) is 19.0 Å². The van der Waals surface area contributed by atoms with Crippen molar-refractivity contribution in [1.82, 2.24) is 0 Å². The predicted molar refractivity (Wildman–Crippen MR) is 75.9 cm³/mol. The average Bonchev–Trinajstić information content (AvgIpc) is 2.21. The van der Waals surface area contributed by atoms with Gasteiger partial charge in [-0.3, -0.25) is 9.36 Å². The summed E-state index contributed by atoms with van der Waals surface area (Å²) < 4.78 is 21.8. The van der Waals surface area contributed by atoms with Crippen molar-refractivity contribution in [2.24, 2.45) is 5.92 Å². The maximum absolute atomic E-state index is 11.7. The number of carbonyl (C=O) groups excluding carboxylic acids is 1. The predicted octanol–water partition coefficient (Wildman–Crippen LogP) is 3.47. The van der Waals surface area contributed by atoms with Gasteiger partial charge in [-0.25, -0.2) is 0 Å². The fraction of sp³-hybridized carbons (Fsp3) is 0.900. The van der Waals surface area contributed by atoms with Crippen molar-refractivity contribution in [3.05, 3.63) is 0 Å². The van der Waals surface area contributed by atoms with Crippen LogP contribution in [0.3, 0.4) is 0 Å². The van der Waals surface area contributed by atoms with Crippen LogP contribution in [0.25, 0.3) is 0 Å². The number of hydrogen-bond donors (Lipinski definition) is 0. The summed E-state index contributed by atoms with van der Waals surface area (Å²) in [6, 6.07) is 0. The zero-order valence-corrected chi connectivity index (χ0v) is 13.3. The standard InChI is InChI=1S/C10H21O4PS2/c1-5-14-15(4,12)17-8-16-7-10(11)13-6-9(2)3/h9H,5-8H2,1-4H3. The number of hydrogen-bond acceptors (Lipinski definition) is 6. The maximum atomic E-state index is 11.7. The third-order valence-corrected chi connectivity index (χ3v) is 6.93. The summed E-state index contributed by atoms with van der Waals surface area (Å²) in [5.41, 5.74) is 0. The molecule has 0 bridgehead atoms. The Morgan fingerprint density at radius 3 is 2.59 bits per heavy atom. The molecule has 0 aromatic rings. The summed E-state index contributed by atoms with van der Waals surface area (Å²) >= 11 is 2.66. The molecule has 0 radical (unpaired) electrons. The van der Waals surface area contributed by atoms with Crippen LogP contribution >= 0.6 is 29.7 Å². The number of esters is 1. The molecule has 1 unspecified atom stereocenters. The van der Waals surface area contributed by atoms with Crippen LogP contribution in [-0.2, 0) is 18.6 Å². The van der Waals surface area contributed by atoms with Crippen molar-refractivity contribution in [1.29, 1.82) is 0 Å². The Bertz CT molecular complexity index is 271. The van der Waals surface area contributed by atoms with Gasteiger partial charge < -0.3 is 9.26 Å². The fourth-order valence-electron chi connectivity index (χ4n) is 0.831. The van der Waals surface area contributed by atoms with Crippen molar-refractivity contribution >= 4 is 35.7 Å². The lowest BCUT2D eigenvalue weighted by atomic mass is 10.2. The molecule has 1 atom stereocenters. The monoisotopic (exact) mass is 300 g/mol. The van der Waals surface area contributed by atoms with E-state index >= 15 is 0 Å². The zero-order valence-electron chi connectivity index (χ0n) is 10.8. The van der Waals surface area contributed by atoms with Crippen LogP contribution in [0.4, 0.5) is 0 Å². The lowest BCUT2D eigenvalue weighted by Crippen LogP contribution is -2.11. The van der Waals surface area contributed by atoms with Gasteiger partial charge in [0.2, 0.25) is 0 Å². The van der Waals surface area contributed by atoms with Gasteiger partial charge in [0.25, 0.3) is 6.57 Å². The van der Waals surface area contributed by atoms with Crippen LogP contribution in [0.5, 0.6) is 0 Å². The van der Waals surface area contributed by atoms with E-state index in [-0.39, 0.29) is 5.97 Å². The van der Waals surface area contributed by atoms with E-state index < -0.39 is 6.57 Å². The van der Waals surface area contributed by atoms with E-state index in [1.54, 1.807) is 6.66 Å². The second-order valence-corrected chi connectivity index (χ2v) is 10.3. The molecule has 102 valence electrons. The second-order valence-electron chi connectivity index (χ2n) is 3.86.